The Morgan fingerprint density at radius 1 is 1.14 bits per heavy atom. The highest BCUT2D eigenvalue weighted by Gasteiger charge is 2.36. The fraction of sp³-hybridized carbons (Fsp3) is 0.778. The lowest BCUT2D eigenvalue weighted by atomic mass is 10.0. The van der Waals surface area contributed by atoms with Crippen LogP contribution in [0, 0.1) is 5.92 Å². The summed E-state index contributed by atoms with van der Waals surface area (Å²) in [5.41, 5.74) is 10.8. The molecule has 0 radical (unpaired) electrons. The van der Waals surface area contributed by atoms with Crippen molar-refractivity contribution in [3.63, 3.8) is 0 Å². The molecule has 0 aromatic heterocycles. The topological polar surface area (TPSA) is 168 Å². The Kier molecular flexibility index (Phi) is 9.88. The minimum Gasteiger partial charge on any atom is -0.480 e. The van der Waals surface area contributed by atoms with Crippen LogP contribution in [0.2, 0.25) is 0 Å². The van der Waals surface area contributed by atoms with Crippen LogP contribution in [0.25, 0.3) is 0 Å². The quantitative estimate of drug-likeness (QED) is 0.271. The molecule has 7 N–H and O–H groups in total. The zero-order valence-electron chi connectivity index (χ0n) is 16.6. The number of nitrogens with two attached hydrogens (primary N) is 2. The Morgan fingerprint density at radius 3 is 2.36 bits per heavy atom. The zero-order chi connectivity index (χ0) is 21.3. The molecule has 1 aliphatic rings. The van der Waals surface area contributed by atoms with Gasteiger partial charge in [0.1, 0.15) is 18.1 Å². The number of hydrogen-bond acceptors (Lipinski definition) is 6. The molecule has 28 heavy (non-hydrogen) atoms. The van der Waals surface area contributed by atoms with Gasteiger partial charge in [0.05, 0.1) is 6.54 Å². The van der Waals surface area contributed by atoms with Crippen LogP contribution in [-0.2, 0) is 19.2 Å². The molecule has 0 saturated carbocycles. The molecule has 10 nitrogen and oxygen atoms in total. The smallest absolute Gasteiger partial charge is 0.326 e. The summed E-state index contributed by atoms with van der Waals surface area (Å²) in [7, 11) is 0. The molecule has 3 atom stereocenters. The number of amides is 3. The van der Waals surface area contributed by atoms with E-state index < -0.39 is 35.9 Å². The van der Waals surface area contributed by atoms with E-state index >= 15 is 0 Å². The molecule has 3 amide bonds. The third-order valence-electron chi connectivity index (χ3n) is 4.86. The molecule has 0 aromatic carbocycles. The SMILES string of the molecule is CC(C)[C@H](NC(=O)[C@@H]1CCCN1C(=O)CN)C(=O)N[C@@H](CCCCN)C(=O)O. The molecule has 1 fully saturated rings. The predicted octanol–water partition coefficient (Wildman–Crippen LogP) is -1.22. The lowest BCUT2D eigenvalue weighted by Crippen LogP contribution is -2.57. The number of carbonyl (C=O) groups excluding carboxylic acids is 3. The van der Waals surface area contributed by atoms with Crippen LogP contribution in [0.5, 0.6) is 0 Å². The van der Waals surface area contributed by atoms with Crippen LogP contribution in [0.4, 0.5) is 0 Å². The third kappa shape index (κ3) is 6.75. The highest BCUT2D eigenvalue weighted by molar-refractivity contribution is 5.94. The molecular formula is C18H33N5O5. The van der Waals surface area contributed by atoms with Crippen molar-refractivity contribution >= 4 is 23.7 Å². The van der Waals surface area contributed by atoms with Crippen molar-refractivity contribution in [3.05, 3.63) is 0 Å². The van der Waals surface area contributed by atoms with Crippen molar-refractivity contribution in [2.45, 2.75) is 64.1 Å². The first kappa shape index (κ1) is 23.8. The van der Waals surface area contributed by atoms with E-state index in [0.717, 1.165) is 0 Å². The fourth-order valence-electron chi connectivity index (χ4n) is 3.25. The van der Waals surface area contributed by atoms with E-state index in [-0.39, 0.29) is 24.8 Å². The van der Waals surface area contributed by atoms with Crippen molar-refractivity contribution in [3.8, 4) is 0 Å². The van der Waals surface area contributed by atoms with Gasteiger partial charge in [-0.25, -0.2) is 4.79 Å². The normalized spacial score (nSPS) is 18.6. The molecule has 1 heterocycles. The fourth-order valence-corrected chi connectivity index (χ4v) is 3.25. The van der Waals surface area contributed by atoms with Crippen LogP contribution in [-0.4, -0.2) is 71.5 Å². The van der Waals surface area contributed by atoms with Crippen molar-refractivity contribution in [2.24, 2.45) is 17.4 Å². The minimum atomic E-state index is -1.13. The summed E-state index contributed by atoms with van der Waals surface area (Å²) in [6, 6.07) is -2.61. The Hall–Kier alpha value is -2.20. The number of rotatable bonds is 11. The molecule has 1 aliphatic heterocycles. The Morgan fingerprint density at radius 2 is 1.82 bits per heavy atom. The first-order chi connectivity index (χ1) is 13.2. The summed E-state index contributed by atoms with van der Waals surface area (Å²) < 4.78 is 0. The summed E-state index contributed by atoms with van der Waals surface area (Å²) in [5.74, 6) is -2.69. The number of carboxylic acid groups (broad SMARTS) is 1. The molecule has 1 saturated heterocycles. The van der Waals surface area contributed by atoms with Crippen LogP contribution >= 0.6 is 0 Å². The highest BCUT2D eigenvalue weighted by atomic mass is 16.4. The summed E-state index contributed by atoms with van der Waals surface area (Å²) in [5, 5.41) is 14.5. The lowest BCUT2D eigenvalue weighted by Gasteiger charge is -2.28. The molecule has 1 rings (SSSR count). The Labute approximate surface area is 165 Å². The van der Waals surface area contributed by atoms with E-state index in [1.165, 1.54) is 4.90 Å². The maximum atomic E-state index is 12.7. The van der Waals surface area contributed by atoms with Gasteiger partial charge in [-0.2, -0.15) is 0 Å². The lowest BCUT2D eigenvalue weighted by molar-refractivity contribution is -0.143. The molecule has 0 aliphatic carbocycles. The van der Waals surface area contributed by atoms with Crippen molar-refractivity contribution in [2.75, 3.05) is 19.6 Å². The standard InChI is InChI=1S/C18H33N5O5/c1-11(2)15(17(26)21-12(18(27)28)6-3-4-8-19)22-16(25)13-7-5-9-23(13)14(24)10-20/h11-13,15H,3-10,19-20H2,1-2H3,(H,21,26)(H,22,25)(H,27,28)/t12-,13-,15-/m0/s1. The molecule has 0 bridgehead atoms. The van der Waals surface area contributed by atoms with E-state index in [1.807, 2.05) is 0 Å². The first-order valence-corrected chi connectivity index (χ1v) is 9.76. The Bertz CT molecular complexity index is 569. The van der Waals surface area contributed by atoms with Crippen molar-refractivity contribution in [1.82, 2.24) is 15.5 Å². The number of hydrogen-bond donors (Lipinski definition) is 5. The second kappa shape index (κ2) is 11.6. The minimum absolute atomic E-state index is 0.180. The number of likely N-dealkylation sites (tertiary alicyclic amines) is 1. The number of nitrogens with zero attached hydrogens (tertiary/aromatic N) is 1. The molecule has 0 unspecified atom stereocenters. The monoisotopic (exact) mass is 399 g/mol. The van der Waals surface area contributed by atoms with E-state index in [4.69, 9.17) is 11.5 Å². The summed E-state index contributed by atoms with van der Waals surface area (Å²) in [6.07, 6.45) is 2.69. The second-order valence-electron chi connectivity index (χ2n) is 7.36. The van der Waals surface area contributed by atoms with Crippen LogP contribution < -0.4 is 22.1 Å². The van der Waals surface area contributed by atoms with Crippen LogP contribution in [0.1, 0.15) is 46.0 Å². The predicted molar refractivity (Wildman–Crippen MR) is 103 cm³/mol. The maximum Gasteiger partial charge on any atom is 0.326 e. The van der Waals surface area contributed by atoms with E-state index in [0.29, 0.717) is 38.8 Å². The van der Waals surface area contributed by atoms with Crippen molar-refractivity contribution < 1.29 is 24.3 Å². The van der Waals surface area contributed by atoms with Gasteiger partial charge >= 0.3 is 5.97 Å². The largest absolute Gasteiger partial charge is 0.480 e. The summed E-state index contributed by atoms with van der Waals surface area (Å²) in [4.78, 5) is 50.0. The molecular weight excluding hydrogens is 366 g/mol. The van der Waals surface area contributed by atoms with E-state index in [1.54, 1.807) is 13.8 Å². The molecule has 10 heteroatoms. The van der Waals surface area contributed by atoms with Crippen molar-refractivity contribution in [1.29, 1.82) is 0 Å². The van der Waals surface area contributed by atoms with Gasteiger partial charge < -0.3 is 32.1 Å². The van der Waals surface area contributed by atoms with Gasteiger partial charge in [0.25, 0.3) is 0 Å². The van der Waals surface area contributed by atoms with Gasteiger partial charge in [-0.3, -0.25) is 14.4 Å². The molecule has 0 aromatic rings. The van der Waals surface area contributed by atoms with Gasteiger partial charge in [-0.05, 0) is 44.6 Å². The average Bonchev–Trinajstić information content (AvgIpc) is 3.13. The van der Waals surface area contributed by atoms with E-state index in [9.17, 15) is 24.3 Å². The third-order valence-corrected chi connectivity index (χ3v) is 4.86. The maximum absolute atomic E-state index is 12.7. The number of carboxylic acids is 1. The van der Waals surface area contributed by atoms with Crippen LogP contribution in [0.15, 0.2) is 0 Å². The number of nitrogens with one attached hydrogen (secondary N) is 2. The van der Waals surface area contributed by atoms with Crippen LogP contribution in [0.3, 0.4) is 0 Å². The van der Waals surface area contributed by atoms with Gasteiger partial charge in [0, 0.05) is 6.54 Å². The number of aliphatic carboxylic acids is 1. The number of carbonyl (C=O) groups is 4. The zero-order valence-corrected chi connectivity index (χ0v) is 16.6. The number of unbranched alkanes of at least 4 members (excludes halogenated alkanes) is 1. The van der Waals surface area contributed by atoms with E-state index in [2.05, 4.69) is 10.6 Å². The summed E-state index contributed by atoms with van der Waals surface area (Å²) in [6.45, 7) is 4.23. The molecule has 0 spiro atoms. The second-order valence-corrected chi connectivity index (χ2v) is 7.36. The highest BCUT2D eigenvalue weighted by Crippen LogP contribution is 2.18. The van der Waals surface area contributed by atoms with Gasteiger partial charge in [0.15, 0.2) is 0 Å². The van der Waals surface area contributed by atoms with Gasteiger partial charge in [0.2, 0.25) is 17.7 Å². The molecule has 160 valence electrons. The first-order valence-electron chi connectivity index (χ1n) is 9.76. The van der Waals surface area contributed by atoms with Gasteiger partial charge in [-0.15, -0.1) is 0 Å². The summed E-state index contributed by atoms with van der Waals surface area (Å²) >= 11 is 0. The van der Waals surface area contributed by atoms with Gasteiger partial charge in [-0.1, -0.05) is 13.8 Å². The Balaban J connectivity index is 2.77. The average molecular weight is 399 g/mol.